The zero-order chi connectivity index (χ0) is 15.6. The molecule has 1 aliphatic heterocycles. The summed E-state index contributed by atoms with van der Waals surface area (Å²) in [6.45, 7) is -0.0844. The van der Waals surface area contributed by atoms with Crippen molar-refractivity contribution in [1.82, 2.24) is 4.31 Å². The molecule has 1 aromatic carbocycles. The molecule has 21 heavy (non-hydrogen) atoms. The van der Waals surface area contributed by atoms with Crippen LogP contribution in [0.25, 0.3) is 0 Å². The first-order chi connectivity index (χ1) is 9.87. The van der Waals surface area contributed by atoms with Gasteiger partial charge in [-0.1, -0.05) is 12.2 Å². The Balaban J connectivity index is 2.53. The summed E-state index contributed by atoms with van der Waals surface area (Å²) in [5.41, 5.74) is 0. The number of ether oxygens (including phenoxy) is 1. The fourth-order valence-corrected chi connectivity index (χ4v) is 3.83. The second-order valence-electron chi connectivity index (χ2n) is 4.43. The third-order valence-corrected chi connectivity index (χ3v) is 5.05. The Labute approximate surface area is 121 Å². The van der Waals surface area contributed by atoms with E-state index in [-0.39, 0.29) is 23.6 Å². The lowest BCUT2D eigenvalue weighted by Gasteiger charge is -2.29. The first kappa shape index (κ1) is 15.5. The minimum atomic E-state index is -4.19. The van der Waals surface area contributed by atoms with Gasteiger partial charge in [-0.05, 0) is 24.6 Å². The lowest BCUT2D eigenvalue weighted by Crippen LogP contribution is -2.46. The minimum Gasteiger partial charge on any atom is -0.495 e. The molecule has 114 valence electrons. The van der Waals surface area contributed by atoms with Crippen molar-refractivity contribution >= 4 is 16.0 Å². The molecule has 1 atom stereocenters. The molecule has 1 aliphatic rings. The van der Waals surface area contributed by atoms with E-state index in [4.69, 9.17) is 9.84 Å². The maximum absolute atomic E-state index is 13.4. The average molecular weight is 315 g/mol. The van der Waals surface area contributed by atoms with Crippen LogP contribution in [0.2, 0.25) is 0 Å². The maximum atomic E-state index is 13.4. The number of rotatable bonds is 4. The highest BCUT2D eigenvalue weighted by molar-refractivity contribution is 7.89. The number of sulfonamides is 1. The van der Waals surface area contributed by atoms with Gasteiger partial charge in [0.05, 0.1) is 7.11 Å². The van der Waals surface area contributed by atoms with Crippen LogP contribution in [0.5, 0.6) is 5.75 Å². The van der Waals surface area contributed by atoms with Crippen molar-refractivity contribution in [2.24, 2.45) is 0 Å². The van der Waals surface area contributed by atoms with Crippen LogP contribution >= 0.6 is 0 Å². The molecule has 1 unspecified atom stereocenters. The lowest BCUT2D eigenvalue weighted by atomic mass is 10.1. The van der Waals surface area contributed by atoms with Crippen molar-refractivity contribution in [3.63, 3.8) is 0 Å². The summed E-state index contributed by atoms with van der Waals surface area (Å²) in [5, 5.41) is 9.15. The predicted octanol–water partition coefficient (Wildman–Crippen LogP) is 1.24. The third kappa shape index (κ3) is 2.91. The monoisotopic (exact) mass is 315 g/mol. The molecule has 1 heterocycles. The predicted molar refractivity (Wildman–Crippen MR) is 72.0 cm³/mol. The number of benzene rings is 1. The molecule has 0 aliphatic carbocycles. The number of hydrogen-bond donors (Lipinski definition) is 1. The van der Waals surface area contributed by atoms with Gasteiger partial charge in [0.25, 0.3) is 0 Å². The van der Waals surface area contributed by atoms with Crippen molar-refractivity contribution in [1.29, 1.82) is 0 Å². The quantitative estimate of drug-likeness (QED) is 0.845. The van der Waals surface area contributed by atoms with Crippen molar-refractivity contribution < 1.29 is 27.4 Å². The lowest BCUT2D eigenvalue weighted by molar-refractivity contribution is -0.141. The zero-order valence-electron chi connectivity index (χ0n) is 11.2. The van der Waals surface area contributed by atoms with Gasteiger partial charge in [0.2, 0.25) is 10.0 Å². The van der Waals surface area contributed by atoms with Gasteiger partial charge in [-0.2, -0.15) is 4.31 Å². The van der Waals surface area contributed by atoms with Gasteiger partial charge in [0.1, 0.15) is 22.5 Å². The van der Waals surface area contributed by atoms with Crippen LogP contribution in [0.15, 0.2) is 35.2 Å². The fraction of sp³-hybridized carbons (Fsp3) is 0.308. The molecular weight excluding hydrogens is 301 g/mol. The molecule has 0 amide bonds. The molecule has 1 aromatic rings. The van der Waals surface area contributed by atoms with Crippen LogP contribution in [0.4, 0.5) is 4.39 Å². The number of nitrogens with zero attached hydrogens (tertiary/aromatic N) is 1. The largest absolute Gasteiger partial charge is 0.495 e. The first-order valence-corrected chi connectivity index (χ1v) is 7.55. The SMILES string of the molecule is COc1ccc(F)cc1S(=O)(=O)N1CC=CCC1C(=O)O. The van der Waals surface area contributed by atoms with Gasteiger partial charge in [-0.25, -0.2) is 12.8 Å². The second-order valence-corrected chi connectivity index (χ2v) is 6.29. The summed E-state index contributed by atoms with van der Waals surface area (Å²) in [6, 6.07) is 1.87. The molecule has 1 N–H and O–H groups in total. The Morgan fingerprint density at radius 2 is 2.14 bits per heavy atom. The number of carboxylic acid groups (broad SMARTS) is 1. The van der Waals surface area contributed by atoms with Crippen LogP contribution in [0.3, 0.4) is 0 Å². The summed E-state index contributed by atoms with van der Waals surface area (Å²) in [5.74, 6) is -2.03. The fourth-order valence-electron chi connectivity index (χ4n) is 2.12. The highest BCUT2D eigenvalue weighted by Gasteiger charge is 2.37. The Bertz CT molecular complexity index is 686. The molecule has 0 saturated heterocycles. The number of carbonyl (C=O) groups is 1. The van der Waals surface area contributed by atoms with Crippen molar-refractivity contribution in [3.05, 3.63) is 36.2 Å². The summed E-state index contributed by atoms with van der Waals surface area (Å²) < 4.78 is 44.4. The van der Waals surface area contributed by atoms with Crippen LogP contribution in [-0.4, -0.2) is 43.5 Å². The van der Waals surface area contributed by atoms with E-state index in [9.17, 15) is 17.6 Å². The molecule has 0 fully saturated rings. The minimum absolute atomic E-state index is 0.0323. The number of halogens is 1. The van der Waals surface area contributed by atoms with E-state index < -0.39 is 27.9 Å². The van der Waals surface area contributed by atoms with Gasteiger partial charge in [0, 0.05) is 6.54 Å². The Morgan fingerprint density at radius 3 is 2.76 bits per heavy atom. The smallest absolute Gasteiger partial charge is 0.322 e. The number of carboxylic acids is 1. The van der Waals surface area contributed by atoms with Gasteiger partial charge in [-0.15, -0.1) is 0 Å². The van der Waals surface area contributed by atoms with E-state index in [0.29, 0.717) is 0 Å². The van der Waals surface area contributed by atoms with Crippen LogP contribution in [-0.2, 0) is 14.8 Å². The Kier molecular flexibility index (Phi) is 4.29. The first-order valence-electron chi connectivity index (χ1n) is 6.11. The summed E-state index contributed by atoms with van der Waals surface area (Å²) >= 11 is 0. The molecule has 0 bridgehead atoms. The van der Waals surface area contributed by atoms with Gasteiger partial charge in [-0.3, -0.25) is 4.79 Å². The van der Waals surface area contributed by atoms with E-state index in [2.05, 4.69) is 0 Å². The molecule has 6 nitrogen and oxygen atoms in total. The number of aliphatic carboxylic acids is 1. The van der Waals surface area contributed by atoms with Crippen molar-refractivity contribution in [2.75, 3.05) is 13.7 Å². The summed E-state index contributed by atoms with van der Waals surface area (Å²) in [6.07, 6.45) is 3.22. The Hall–Kier alpha value is -1.93. The molecular formula is C13H14FNO5S. The Morgan fingerprint density at radius 1 is 1.43 bits per heavy atom. The van der Waals surface area contributed by atoms with E-state index in [1.807, 2.05) is 0 Å². The highest BCUT2D eigenvalue weighted by Crippen LogP contribution is 2.30. The molecule has 0 aromatic heterocycles. The second kappa shape index (κ2) is 5.82. The third-order valence-electron chi connectivity index (χ3n) is 3.16. The highest BCUT2D eigenvalue weighted by atomic mass is 32.2. The molecule has 0 spiro atoms. The molecule has 0 saturated carbocycles. The molecule has 0 radical (unpaired) electrons. The van der Waals surface area contributed by atoms with Crippen LogP contribution in [0, 0.1) is 5.82 Å². The van der Waals surface area contributed by atoms with Crippen molar-refractivity contribution in [3.8, 4) is 5.75 Å². The number of hydrogen-bond acceptors (Lipinski definition) is 4. The van der Waals surface area contributed by atoms with E-state index in [1.54, 1.807) is 12.2 Å². The maximum Gasteiger partial charge on any atom is 0.322 e. The van der Waals surface area contributed by atoms with E-state index >= 15 is 0 Å². The van der Waals surface area contributed by atoms with Gasteiger partial charge >= 0.3 is 5.97 Å². The topological polar surface area (TPSA) is 83.9 Å². The van der Waals surface area contributed by atoms with Crippen molar-refractivity contribution in [2.45, 2.75) is 17.4 Å². The van der Waals surface area contributed by atoms with Gasteiger partial charge in [0.15, 0.2) is 0 Å². The summed E-state index contributed by atoms with van der Waals surface area (Å²) in [4.78, 5) is 10.8. The molecule has 2 rings (SSSR count). The van der Waals surface area contributed by atoms with Crippen LogP contribution in [0.1, 0.15) is 6.42 Å². The van der Waals surface area contributed by atoms with E-state index in [0.717, 1.165) is 16.4 Å². The van der Waals surface area contributed by atoms with Gasteiger partial charge < -0.3 is 9.84 Å². The average Bonchev–Trinajstić information content (AvgIpc) is 2.47. The van der Waals surface area contributed by atoms with E-state index in [1.165, 1.54) is 13.2 Å². The van der Waals surface area contributed by atoms with Crippen LogP contribution < -0.4 is 4.74 Å². The standard InChI is InChI=1S/C13H14FNO5S/c1-20-11-6-5-9(14)8-12(11)21(18,19)15-7-3-2-4-10(15)13(16)17/h2-3,5-6,8,10H,4,7H2,1H3,(H,16,17). The molecule has 8 heteroatoms. The zero-order valence-corrected chi connectivity index (χ0v) is 12.0. The summed E-state index contributed by atoms with van der Waals surface area (Å²) in [7, 11) is -2.92. The number of methoxy groups -OCH3 is 1. The normalized spacial score (nSPS) is 19.4.